The number of carbonyl (C=O) groups is 1. The molecule has 0 unspecified atom stereocenters. The zero-order valence-electron chi connectivity index (χ0n) is 8.40. The quantitative estimate of drug-likeness (QED) is 0.815. The Hall–Kier alpha value is -1.82. The van der Waals surface area contributed by atoms with Crippen LogP contribution in [0.4, 0.5) is 9.52 Å². The van der Waals surface area contributed by atoms with Gasteiger partial charge in [-0.25, -0.2) is 9.97 Å². The maximum Gasteiger partial charge on any atom is 0.259 e. The molecule has 0 atom stereocenters. The number of amides is 1. The van der Waals surface area contributed by atoms with Crippen molar-refractivity contribution in [3.63, 3.8) is 0 Å². The van der Waals surface area contributed by atoms with Crippen LogP contribution in [0, 0.1) is 12.9 Å². The molecule has 0 radical (unpaired) electrons. The maximum atomic E-state index is 12.5. The minimum Gasteiger partial charge on any atom is -0.298 e. The summed E-state index contributed by atoms with van der Waals surface area (Å²) >= 11 is 1.34. The van der Waals surface area contributed by atoms with Gasteiger partial charge >= 0.3 is 0 Å². The summed E-state index contributed by atoms with van der Waals surface area (Å²) in [6.45, 7) is 1.84. The zero-order chi connectivity index (χ0) is 11.5. The van der Waals surface area contributed by atoms with Crippen molar-refractivity contribution in [2.24, 2.45) is 0 Å². The van der Waals surface area contributed by atoms with Crippen molar-refractivity contribution in [1.29, 1.82) is 0 Å². The molecule has 0 saturated carbocycles. The van der Waals surface area contributed by atoms with Gasteiger partial charge in [0, 0.05) is 11.6 Å². The first-order chi connectivity index (χ1) is 7.65. The van der Waals surface area contributed by atoms with E-state index in [2.05, 4.69) is 15.3 Å². The van der Waals surface area contributed by atoms with Crippen LogP contribution in [0.5, 0.6) is 0 Å². The molecular formula is C10H8FN3OS. The van der Waals surface area contributed by atoms with E-state index in [-0.39, 0.29) is 5.91 Å². The Kier molecular flexibility index (Phi) is 2.91. The van der Waals surface area contributed by atoms with E-state index < -0.39 is 5.95 Å². The Balaban J connectivity index is 2.11. The number of nitrogens with zero attached hydrogens (tertiary/aromatic N) is 2. The highest BCUT2D eigenvalue weighted by molar-refractivity contribution is 7.13. The van der Waals surface area contributed by atoms with Gasteiger partial charge in [0.1, 0.15) is 0 Å². The topological polar surface area (TPSA) is 54.9 Å². The lowest BCUT2D eigenvalue weighted by molar-refractivity contribution is 0.102. The molecule has 16 heavy (non-hydrogen) atoms. The SMILES string of the molecule is Cc1csc(NC(=O)c2ccc(F)nc2)n1. The number of carbonyl (C=O) groups excluding carboxylic acids is 1. The molecule has 0 saturated heterocycles. The van der Waals surface area contributed by atoms with E-state index >= 15 is 0 Å². The molecule has 0 aliphatic heterocycles. The lowest BCUT2D eigenvalue weighted by Gasteiger charge is -2.00. The standard InChI is InChI=1S/C10H8FN3OS/c1-6-5-16-10(13-6)14-9(15)7-2-3-8(11)12-4-7/h2-5H,1H3,(H,13,14,15). The number of halogens is 1. The third-order valence-corrected chi connectivity index (χ3v) is 2.70. The molecule has 2 heterocycles. The minimum absolute atomic E-state index is 0.300. The van der Waals surface area contributed by atoms with Gasteiger partial charge in [-0.05, 0) is 19.1 Å². The summed E-state index contributed by atoms with van der Waals surface area (Å²) in [6.07, 6.45) is 1.19. The molecule has 4 nitrogen and oxygen atoms in total. The second-order valence-electron chi connectivity index (χ2n) is 3.12. The number of hydrogen-bond donors (Lipinski definition) is 1. The third-order valence-electron chi connectivity index (χ3n) is 1.83. The fraction of sp³-hybridized carbons (Fsp3) is 0.100. The largest absolute Gasteiger partial charge is 0.298 e. The minimum atomic E-state index is -0.610. The fourth-order valence-electron chi connectivity index (χ4n) is 1.09. The molecule has 2 rings (SSSR count). The predicted molar refractivity (Wildman–Crippen MR) is 59.0 cm³/mol. The van der Waals surface area contributed by atoms with Crippen LogP contribution >= 0.6 is 11.3 Å². The van der Waals surface area contributed by atoms with Crippen LogP contribution in [0.3, 0.4) is 0 Å². The van der Waals surface area contributed by atoms with Crippen molar-refractivity contribution in [3.05, 3.63) is 40.9 Å². The van der Waals surface area contributed by atoms with Gasteiger partial charge in [-0.15, -0.1) is 11.3 Å². The number of aromatic nitrogens is 2. The number of thiazole rings is 1. The number of nitrogens with one attached hydrogen (secondary N) is 1. The van der Waals surface area contributed by atoms with Crippen LogP contribution in [-0.4, -0.2) is 15.9 Å². The van der Waals surface area contributed by atoms with Crippen molar-refractivity contribution in [2.45, 2.75) is 6.92 Å². The van der Waals surface area contributed by atoms with Gasteiger partial charge < -0.3 is 0 Å². The fourth-order valence-corrected chi connectivity index (χ4v) is 1.77. The summed E-state index contributed by atoms with van der Waals surface area (Å²) in [4.78, 5) is 19.1. The second kappa shape index (κ2) is 4.36. The predicted octanol–water partition coefficient (Wildman–Crippen LogP) is 2.24. The van der Waals surface area contributed by atoms with Crippen LogP contribution < -0.4 is 5.32 Å². The summed E-state index contributed by atoms with van der Waals surface area (Å²) in [5.74, 6) is -0.955. The normalized spacial score (nSPS) is 10.1. The van der Waals surface area contributed by atoms with E-state index in [0.717, 1.165) is 11.8 Å². The Morgan fingerprint density at radius 2 is 2.31 bits per heavy atom. The van der Waals surface area contributed by atoms with E-state index in [1.54, 1.807) is 0 Å². The average Bonchev–Trinajstić information content (AvgIpc) is 2.65. The van der Waals surface area contributed by atoms with Gasteiger partial charge in [-0.2, -0.15) is 4.39 Å². The monoisotopic (exact) mass is 237 g/mol. The molecule has 6 heteroatoms. The van der Waals surface area contributed by atoms with Gasteiger partial charge in [-0.1, -0.05) is 0 Å². The Labute approximate surface area is 95.2 Å². The second-order valence-corrected chi connectivity index (χ2v) is 3.98. The van der Waals surface area contributed by atoms with Crippen LogP contribution in [0.25, 0.3) is 0 Å². The third kappa shape index (κ3) is 2.40. The van der Waals surface area contributed by atoms with Crippen LogP contribution in [0.2, 0.25) is 0 Å². The molecule has 0 spiro atoms. The number of pyridine rings is 1. The molecule has 0 aliphatic rings. The van der Waals surface area contributed by atoms with Crippen molar-refractivity contribution in [2.75, 3.05) is 5.32 Å². The first kappa shape index (κ1) is 10.7. The molecule has 0 bridgehead atoms. The summed E-state index contributed by atoms with van der Waals surface area (Å²) in [5, 5.41) is 4.96. The molecule has 82 valence electrons. The highest BCUT2D eigenvalue weighted by Crippen LogP contribution is 2.15. The van der Waals surface area contributed by atoms with Gasteiger partial charge in [-0.3, -0.25) is 10.1 Å². The van der Waals surface area contributed by atoms with Crippen molar-refractivity contribution in [3.8, 4) is 0 Å². The summed E-state index contributed by atoms with van der Waals surface area (Å²) in [6, 6.07) is 2.51. The Bertz CT molecular complexity index is 509. The maximum absolute atomic E-state index is 12.5. The number of hydrogen-bond acceptors (Lipinski definition) is 4. The van der Waals surface area contributed by atoms with Crippen molar-refractivity contribution in [1.82, 2.24) is 9.97 Å². The first-order valence-corrected chi connectivity index (χ1v) is 5.38. The average molecular weight is 237 g/mol. The number of aryl methyl sites for hydroxylation is 1. The van der Waals surface area contributed by atoms with Gasteiger partial charge in [0.15, 0.2) is 5.13 Å². The lowest BCUT2D eigenvalue weighted by Crippen LogP contribution is -2.12. The summed E-state index contributed by atoms with van der Waals surface area (Å²) < 4.78 is 12.5. The van der Waals surface area contributed by atoms with E-state index in [0.29, 0.717) is 10.7 Å². The first-order valence-electron chi connectivity index (χ1n) is 4.50. The molecule has 2 aromatic heterocycles. The summed E-state index contributed by atoms with van der Waals surface area (Å²) in [5.41, 5.74) is 1.15. The van der Waals surface area contributed by atoms with Gasteiger partial charge in [0.25, 0.3) is 5.91 Å². The van der Waals surface area contributed by atoms with Crippen LogP contribution in [0.1, 0.15) is 16.1 Å². The van der Waals surface area contributed by atoms with Crippen LogP contribution in [0.15, 0.2) is 23.7 Å². The highest BCUT2D eigenvalue weighted by atomic mass is 32.1. The molecular weight excluding hydrogens is 229 g/mol. The molecule has 0 aliphatic carbocycles. The number of anilines is 1. The van der Waals surface area contributed by atoms with Crippen molar-refractivity contribution >= 4 is 22.4 Å². The Morgan fingerprint density at radius 1 is 1.50 bits per heavy atom. The van der Waals surface area contributed by atoms with E-state index in [1.165, 1.54) is 23.6 Å². The zero-order valence-corrected chi connectivity index (χ0v) is 9.21. The van der Waals surface area contributed by atoms with E-state index in [4.69, 9.17) is 0 Å². The smallest absolute Gasteiger partial charge is 0.259 e. The number of rotatable bonds is 2. The Morgan fingerprint density at radius 3 is 2.88 bits per heavy atom. The molecule has 1 N–H and O–H groups in total. The molecule has 2 aromatic rings. The summed E-state index contributed by atoms with van der Waals surface area (Å²) in [7, 11) is 0. The van der Waals surface area contributed by atoms with E-state index in [1.807, 2.05) is 12.3 Å². The highest BCUT2D eigenvalue weighted by Gasteiger charge is 2.08. The van der Waals surface area contributed by atoms with Crippen molar-refractivity contribution < 1.29 is 9.18 Å². The molecule has 0 aromatic carbocycles. The van der Waals surface area contributed by atoms with Gasteiger partial charge in [0.2, 0.25) is 5.95 Å². The van der Waals surface area contributed by atoms with Gasteiger partial charge in [0.05, 0.1) is 11.3 Å². The van der Waals surface area contributed by atoms with Crippen LogP contribution in [-0.2, 0) is 0 Å². The lowest BCUT2D eigenvalue weighted by atomic mass is 10.3. The molecule has 0 fully saturated rings. The van der Waals surface area contributed by atoms with E-state index in [9.17, 15) is 9.18 Å². The molecule has 1 amide bonds.